The van der Waals surface area contributed by atoms with Gasteiger partial charge < -0.3 is 4.90 Å². The molecule has 0 aliphatic heterocycles. The van der Waals surface area contributed by atoms with Gasteiger partial charge in [-0.3, -0.25) is 4.68 Å². The van der Waals surface area contributed by atoms with E-state index in [0.717, 1.165) is 21.8 Å². The summed E-state index contributed by atoms with van der Waals surface area (Å²) >= 11 is 0. The van der Waals surface area contributed by atoms with Gasteiger partial charge in [0, 0.05) is 31.9 Å². The molecule has 0 N–H and O–H groups in total. The smallest absolute Gasteiger partial charge is 0.330 e. The fourth-order valence-corrected chi connectivity index (χ4v) is 4.14. The third-order valence-corrected chi connectivity index (χ3v) is 5.86. The largest absolute Gasteiger partial charge is 0.416 e. The van der Waals surface area contributed by atoms with Crippen molar-refractivity contribution in [2.75, 3.05) is 4.90 Å². The molecule has 0 aliphatic rings. The highest BCUT2D eigenvalue weighted by Crippen LogP contribution is 2.38. The van der Waals surface area contributed by atoms with Crippen molar-refractivity contribution in [1.82, 2.24) is 30.0 Å². The average Bonchev–Trinajstić information content (AvgIpc) is 3.41. The van der Waals surface area contributed by atoms with E-state index in [9.17, 15) is 39.5 Å². The number of nitrogens with zero attached hydrogens (tertiary/aromatic N) is 7. The second-order valence-corrected chi connectivity index (χ2v) is 9.05. The first-order valence-corrected chi connectivity index (χ1v) is 11.4. The zero-order valence-corrected chi connectivity index (χ0v) is 21.0. The normalized spacial score (nSPS) is 12.7. The summed E-state index contributed by atoms with van der Waals surface area (Å²) in [5, 5.41) is 15.7. The summed E-state index contributed by atoms with van der Waals surface area (Å²) in [6, 6.07) is 3.98. The molecule has 2 aromatic carbocycles. The van der Waals surface area contributed by atoms with Gasteiger partial charge in [-0.1, -0.05) is 11.2 Å². The number of hydrogen-bond donors (Lipinski definition) is 0. The quantitative estimate of drug-likeness (QED) is 0.256. The van der Waals surface area contributed by atoms with Crippen LogP contribution in [0.3, 0.4) is 0 Å². The lowest BCUT2D eigenvalue weighted by Crippen LogP contribution is -2.25. The zero-order valence-electron chi connectivity index (χ0n) is 21.0. The van der Waals surface area contributed by atoms with E-state index in [4.69, 9.17) is 0 Å². The summed E-state index contributed by atoms with van der Waals surface area (Å²) in [7, 11) is 2.98. The van der Waals surface area contributed by atoms with Gasteiger partial charge in [0.1, 0.15) is 0 Å². The van der Waals surface area contributed by atoms with E-state index in [-0.39, 0.29) is 23.1 Å². The van der Waals surface area contributed by atoms with E-state index in [0.29, 0.717) is 23.4 Å². The Hall–Kier alpha value is -4.11. The van der Waals surface area contributed by atoms with Gasteiger partial charge in [-0.15, -0.1) is 5.10 Å². The summed E-state index contributed by atoms with van der Waals surface area (Å²) in [6.07, 6.45) is -13.3. The Bertz CT molecular complexity index is 1480. The van der Waals surface area contributed by atoms with E-state index in [1.807, 2.05) is 0 Å². The molecule has 0 amide bonds. The molecule has 2 aromatic heterocycles. The van der Waals surface area contributed by atoms with Crippen LogP contribution in [0.5, 0.6) is 0 Å². The van der Waals surface area contributed by atoms with Crippen molar-refractivity contribution in [3.8, 4) is 11.3 Å². The standard InChI is InChI=1S/C24H20F9N7/c1-13-10-38(2)35-20(13)19-5-4-16(22(25,26)27)8-15(19)12-40(21-34-37-39(3)36-21)11-14-6-17(23(28,29)30)9-18(7-14)24(31,32)33/h4-10H,11-12H2,1-3H3. The van der Waals surface area contributed by atoms with Crippen molar-refractivity contribution < 1.29 is 39.5 Å². The van der Waals surface area contributed by atoms with Gasteiger partial charge >= 0.3 is 18.5 Å². The molecule has 0 spiro atoms. The highest BCUT2D eigenvalue weighted by Gasteiger charge is 2.37. The molecular formula is C24H20F9N7. The number of aromatic nitrogens is 6. The van der Waals surface area contributed by atoms with Crippen LogP contribution in [0.4, 0.5) is 45.5 Å². The molecule has 0 saturated heterocycles. The fraction of sp³-hybridized carbons (Fsp3) is 0.333. The van der Waals surface area contributed by atoms with Crippen LogP contribution in [0.1, 0.15) is 33.4 Å². The maximum atomic E-state index is 13.6. The van der Waals surface area contributed by atoms with Gasteiger partial charge in [0.2, 0.25) is 0 Å². The summed E-state index contributed by atoms with van der Waals surface area (Å²) in [5.74, 6) is -0.227. The number of aryl methyl sites for hydroxylation is 3. The Labute approximate surface area is 220 Å². The van der Waals surface area contributed by atoms with Gasteiger partial charge in [0.05, 0.1) is 29.4 Å². The van der Waals surface area contributed by atoms with Crippen molar-refractivity contribution in [2.24, 2.45) is 14.1 Å². The predicted octanol–water partition coefficient (Wildman–Crippen LogP) is 6.18. The highest BCUT2D eigenvalue weighted by atomic mass is 19.4. The first-order valence-electron chi connectivity index (χ1n) is 11.4. The van der Waals surface area contributed by atoms with E-state index in [1.165, 1.54) is 17.8 Å². The molecule has 7 nitrogen and oxygen atoms in total. The second-order valence-electron chi connectivity index (χ2n) is 9.05. The molecule has 16 heteroatoms. The molecule has 2 heterocycles. The van der Waals surface area contributed by atoms with Crippen LogP contribution in [0, 0.1) is 6.92 Å². The molecule has 0 bridgehead atoms. The minimum atomic E-state index is -5.09. The summed E-state index contributed by atoms with van der Waals surface area (Å²) < 4.78 is 123. The Balaban J connectivity index is 1.85. The van der Waals surface area contributed by atoms with Crippen molar-refractivity contribution >= 4 is 5.95 Å². The van der Waals surface area contributed by atoms with E-state index in [1.54, 1.807) is 20.2 Å². The Morgan fingerprint density at radius 3 is 1.82 bits per heavy atom. The SMILES string of the molecule is Cc1cn(C)nc1-c1ccc(C(F)(F)F)cc1CN(Cc1cc(C(F)(F)F)cc(C(F)(F)F)c1)c1nnn(C)n1. The van der Waals surface area contributed by atoms with Crippen molar-refractivity contribution in [2.45, 2.75) is 38.5 Å². The molecule has 0 radical (unpaired) electrons. The van der Waals surface area contributed by atoms with Crippen LogP contribution in [0.2, 0.25) is 0 Å². The van der Waals surface area contributed by atoms with Crippen LogP contribution in [0.15, 0.2) is 42.6 Å². The average molecular weight is 577 g/mol. The van der Waals surface area contributed by atoms with Crippen LogP contribution >= 0.6 is 0 Å². The minimum Gasteiger partial charge on any atom is -0.330 e. The number of benzene rings is 2. The van der Waals surface area contributed by atoms with E-state index < -0.39 is 53.9 Å². The Morgan fingerprint density at radius 1 is 0.750 bits per heavy atom. The van der Waals surface area contributed by atoms with E-state index >= 15 is 0 Å². The van der Waals surface area contributed by atoms with Crippen molar-refractivity contribution in [1.29, 1.82) is 0 Å². The molecule has 0 aliphatic carbocycles. The predicted molar refractivity (Wildman–Crippen MR) is 124 cm³/mol. The lowest BCUT2D eigenvalue weighted by molar-refractivity contribution is -0.143. The van der Waals surface area contributed by atoms with Crippen LogP contribution in [-0.2, 0) is 45.7 Å². The first-order chi connectivity index (χ1) is 18.4. The molecule has 0 unspecified atom stereocenters. The molecule has 40 heavy (non-hydrogen) atoms. The van der Waals surface area contributed by atoms with Crippen LogP contribution in [0.25, 0.3) is 11.3 Å². The van der Waals surface area contributed by atoms with Crippen LogP contribution < -0.4 is 4.90 Å². The van der Waals surface area contributed by atoms with Crippen LogP contribution in [-0.4, -0.2) is 30.0 Å². The van der Waals surface area contributed by atoms with Crippen molar-refractivity contribution in [3.63, 3.8) is 0 Å². The number of halogens is 9. The van der Waals surface area contributed by atoms with Gasteiger partial charge in [0.15, 0.2) is 0 Å². The lowest BCUT2D eigenvalue weighted by Gasteiger charge is -2.24. The molecule has 0 atom stereocenters. The summed E-state index contributed by atoms with van der Waals surface area (Å²) in [4.78, 5) is 2.13. The summed E-state index contributed by atoms with van der Waals surface area (Å²) in [5.41, 5.74) is -3.21. The molecular weight excluding hydrogens is 557 g/mol. The Kier molecular flexibility index (Phi) is 7.32. The first kappa shape index (κ1) is 28.9. The maximum Gasteiger partial charge on any atom is 0.416 e. The molecule has 0 fully saturated rings. The van der Waals surface area contributed by atoms with Gasteiger partial charge in [-0.25, -0.2) is 0 Å². The van der Waals surface area contributed by atoms with Gasteiger partial charge in [-0.05, 0) is 59.2 Å². The fourth-order valence-electron chi connectivity index (χ4n) is 4.14. The third-order valence-electron chi connectivity index (χ3n) is 5.86. The monoisotopic (exact) mass is 577 g/mol. The van der Waals surface area contributed by atoms with E-state index in [2.05, 4.69) is 20.5 Å². The molecule has 214 valence electrons. The zero-order chi connectivity index (χ0) is 29.6. The molecule has 4 rings (SSSR count). The topological polar surface area (TPSA) is 64.7 Å². The third kappa shape index (κ3) is 6.37. The minimum absolute atomic E-state index is 0.0107. The molecule has 0 saturated carbocycles. The molecule has 4 aromatic rings. The number of rotatable bonds is 6. The van der Waals surface area contributed by atoms with Gasteiger partial charge in [-0.2, -0.15) is 49.4 Å². The number of anilines is 1. The summed E-state index contributed by atoms with van der Waals surface area (Å²) in [6.45, 7) is 0.640. The number of alkyl halides is 9. The second kappa shape index (κ2) is 10.1. The van der Waals surface area contributed by atoms with Gasteiger partial charge in [0.25, 0.3) is 5.95 Å². The van der Waals surface area contributed by atoms with Crippen molar-refractivity contribution in [3.05, 3.63) is 76.0 Å². The lowest BCUT2D eigenvalue weighted by atomic mass is 9.98. The number of hydrogen-bond acceptors (Lipinski definition) is 5. The highest BCUT2D eigenvalue weighted by molar-refractivity contribution is 5.68. The number of tetrazole rings is 1. The maximum absolute atomic E-state index is 13.6. The Morgan fingerprint density at radius 2 is 1.35 bits per heavy atom.